The summed E-state index contributed by atoms with van der Waals surface area (Å²) in [4.78, 5) is 15.1. The highest BCUT2D eigenvalue weighted by molar-refractivity contribution is 6.06. The summed E-state index contributed by atoms with van der Waals surface area (Å²) in [5, 5.41) is 5.33. The predicted octanol–water partition coefficient (Wildman–Crippen LogP) is 0.688. The van der Waals surface area contributed by atoms with Crippen LogP contribution in [0, 0.1) is 5.92 Å². The van der Waals surface area contributed by atoms with E-state index in [1.165, 1.54) is 18.4 Å². The minimum Gasteiger partial charge on any atom is -0.310 e. The van der Waals surface area contributed by atoms with E-state index < -0.39 is 0 Å². The molecule has 3 heteroatoms. The van der Waals surface area contributed by atoms with E-state index in [9.17, 15) is 4.79 Å². The molecular formula is C14H16N2O. The Balaban J connectivity index is 1.91. The van der Waals surface area contributed by atoms with Gasteiger partial charge in [-0.1, -0.05) is 13.0 Å². The number of hydrogen-bond donors (Lipinski definition) is 1. The summed E-state index contributed by atoms with van der Waals surface area (Å²) in [5.74, 6) is 0.631. The fourth-order valence-corrected chi connectivity index (χ4v) is 2.57. The van der Waals surface area contributed by atoms with Gasteiger partial charge in [0.05, 0.1) is 5.36 Å². The minimum atomic E-state index is -0.137. The molecule has 3 rings (SSSR count). The van der Waals surface area contributed by atoms with Crippen molar-refractivity contribution < 1.29 is 4.79 Å². The van der Waals surface area contributed by atoms with Crippen LogP contribution in [0.1, 0.15) is 31.4 Å². The van der Waals surface area contributed by atoms with Crippen LogP contribution in [0.4, 0.5) is 0 Å². The van der Waals surface area contributed by atoms with Crippen LogP contribution in [0.25, 0.3) is 6.08 Å². The van der Waals surface area contributed by atoms with Crippen LogP contribution >= 0.6 is 0 Å². The van der Waals surface area contributed by atoms with Crippen LogP contribution in [0.2, 0.25) is 0 Å². The molecule has 0 spiro atoms. The Bertz CT molecular complexity index is 568. The maximum absolute atomic E-state index is 11.2. The van der Waals surface area contributed by atoms with Gasteiger partial charge in [0.2, 0.25) is 0 Å². The smallest absolute Gasteiger partial charge is 0.270 e. The monoisotopic (exact) mass is 228 g/mol. The van der Waals surface area contributed by atoms with E-state index in [4.69, 9.17) is 0 Å². The van der Waals surface area contributed by atoms with Crippen LogP contribution < -0.4 is 15.9 Å². The molecule has 2 unspecified atom stereocenters. The number of rotatable bonds is 1. The quantitative estimate of drug-likeness (QED) is 0.768. The number of hydrogen-bond acceptors (Lipinski definition) is 2. The fraction of sp³-hybridized carbons (Fsp3) is 0.429. The van der Waals surface area contributed by atoms with Gasteiger partial charge in [0.1, 0.15) is 0 Å². The highest BCUT2D eigenvalue weighted by Gasteiger charge is 2.19. The zero-order chi connectivity index (χ0) is 11.8. The summed E-state index contributed by atoms with van der Waals surface area (Å²) in [5.41, 5.74) is 1.27. The SMILES string of the molecule is CC1CCC(c2ccc3c(c2)=CC(=O)N=3)NC1. The van der Waals surface area contributed by atoms with Gasteiger partial charge in [-0.2, -0.15) is 0 Å². The molecule has 1 saturated heterocycles. The summed E-state index contributed by atoms with van der Waals surface area (Å²) in [7, 11) is 0. The molecule has 0 aromatic heterocycles. The highest BCUT2D eigenvalue weighted by Crippen LogP contribution is 2.24. The maximum Gasteiger partial charge on any atom is 0.270 e. The Morgan fingerprint density at radius 3 is 3.00 bits per heavy atom. The number of amides is 1. The number of benzene rings is 1. The molecule has 2 aliphatic heterocycles. The molecule has 0 radical (unpaired) electrons. The number of fused-ring (bicyclic) bond motifs is 1. The molecule has 2 aliphatic rings. The van der Waals surface area contributed by atoms with E-state index in [0.717, 1.165) is 23.0 Å². The number of carbonyl (C=O) groups is 1. The summed E-state index contributed by atoms with van der Waals surface area (Å²) < 4.78 is 0. The number of piperidine rings is 1. The lowest BCUT2D eigenvalue weighted by molar-refractivity contribution is -0.112. The molecule has 1 aromatic rings. The lowest BCUT2D eigenvalue weighted by Crippen LogP contribution is -2.33. The van der Waals surface area contributed by atoms with E-state index in [2.05, 4.69) is 29.4 Å². The Kier molecular flexibility index (Phi) is 2.56. The Morgan fingerprint density at radius 1 is 1.35 bits per heavy atom. The van der Waals surface area contributed by atoms with Crippen molar-refractivity contribution in [3.8, 4) is 0 Å². The molecule has 17 heavy (non-hydrogen) atoms. The second-order valence-electron chi connectivity index (χ2n) is 5.06. The minimum absolute atomic E-state index is 0.137. The third kappa shape index (κ3) is 2.03. The second kappa shape index (κ2) is 4.08. The van der Waals surface area contributed by atoms with E-state index in [1.807, 2.05) is 6.07 Å². The lowest BCUT2D eigenvalue weighted by atomic mass is 9.92. The van der Waals surface area contributed by atoms with Crippen molar-refractivity contribution in [1.82, 2.24) is 5.32 Å². The second-order valence-corrected chi connectivity index (χ2v) is 5.06. The topological polar surface area (TPSA) is 41.5 Å². The van der Waals surface area contributed by atoms with Gasteiger partial charge < -0.3 is 5.32 Å². The van der Waals surface area contributed by atoms with Crippen molar-refractivity contribution in [2.45, 2.75) is 25.8 Å². The van der Waals surface area contributed by atoms with Crippen LogP contribution in [-0.2, 0) is 4.79 Å². The summed E-state index contributed by atoms with van der Waals surface area (Å²) in [6.45, 7) is 3.35. The van der Waals surface area contributed by atoms with Gasteiger partial charge >= 0.3 is 0 Å². The molecule has 0 bridgehead atoms. The van der Waals surface area contributed by atoms with Crippen LogP contribution in [0.5, 0.6) is 0 Å². The standard InChI is InChI=1S/C14H16N2O/c1-9-2-4-12(15-8-9)10-3-5-13-11(6-10)7-14(17)16-13/h3,5-7,9,12,15H,2,4,8H2,1H3. The van der Waals surface area contributed by atoms with Gasteiger partial charge in [-0.15, -0.1) is 0 Å². The lowest BCUT2D eigenvalue weighted by Gasteiger charge is -2.28. The van der Waals surface area contributed by atoms with Crippen molar-refractivity contribution in [2.24, 2.45) is 10.9 Å². The van der Waals surface area contributed by atoms with Gasteiger partial charge in [-0.05, 0) is 43.0 Å². The molecule has 1 fully saturated rings. The average molecular weight is 228 g/mol. The molecule has 2 atom stereocenters. The van der Waals surface area contributed by atoms with Crippen molar-refractivity contribution in [1.29, 1.82) is 0 Å². The number of nitrogens with zero attached hydrogens (tertiary/aromatic N) is 1. The molecule has 1 amide bonds. The van der Waals surface area contributed by atoms with E-state index >= 15 is 0 Å². The van der Waals surface area contributed by atoms with Crippen molar-refractivity contribution in [3.05, 3.63) is 34.3 Å². The van der Waals surface area contributed by atoms with Gasteiger partial charge in [0, 0.05) is 17.3 Å². The van der Waals surface area contributed by atoms with Gasteiger partial charge in [0.25, 0.3) is 5.91 Å². The molecular weight excluding hydrogens is 212 g/mol. The average Bonchev–Trinajstić information content (AvgIpc) is 2.69. The fourth-order valence-electron chi connectivity index (χ4n) is 2.57. The summed E-state index contributed by atoms with van der Waals surface area (Å²) in [6.07, 6.45) is 4.05. The van der Waals surface area contributed by atoms with Crippen LogP contribution in [0.3, 0.4) is 0 Å². The van der Waals surface area contributed by atoms with Gasteiger partial charge in [-0.3, -0.25) is 4.79 Å². The van der Waals surface area contributed by atoms with E-state index in [0.29, 0.717) is 6.04 Å². The van der Waals surface area contributed by atoms with Gasteiger partial charge in [-0.25, -0.2) is 4.99 Å². The Morgan fingerprint density at radius 2 is 2.24 bits per heavy atom. The predicted molar refractivity (Wildman–Crippen MR) is 65.8 cm³/mol. The molecule has 0 aliphatic carbocycles. The Labute approximate surface area is 100 Å². The number of carbonyl (C=O) groups excluding carboxylic acids is 1. The summed E-state index contributed by atoms with van der Waals surface area (Å²) >= 11 is 0. The van der Waals surface area contributed by atoms with Gasteiger partial charge in [0.15, 0.2) is 0 Å². The third-order valence-corrected chi connectivity index (χ3v) is 3.62. The van der Waals surface area contributed by atoms with Crippen molar-refractivity contribution >= 4 is 12.0 Å². The highest BCUT2D eigenvalue weighted by atomic mass is 16.1. The van der Waals surface area contributed by atoms with Crippen molar-refractivity contribution in [3.63, 3.8) is 0 Å². The third-order valence-electron chi connectivity index (χ3n) is 3.62. The van der Waals surface area contributed by atoms with Crippen LogP contribution in [-0.4, -0.2) is 12.5 Å². The van der Waals surface area contributed by atoms with Crippen LogP contribution in [0.15, 0.2) is 23.2 Å². The van der Waals surface area contributed by atoms with E-state index in [-0.39, 0.29) is 5.91 Å². The van der Waals surface area contributed by atoms with Crippen molar-refractivity contribution in [2.75, 3.05) is 6.54 Å². The normalized spacial score (nSPS) is 27.2. The summed E-state index contributed by atoms with van der Waals surface area (Å²) in [6, 6.07) is 6.56. The van der Waals surface area contributed by atoms with E-state index in [1.54, 1.807) is 6.08 Å². The molecule has 1 N–H and O–H groups in total. The Hall–Kier alpha value is -1.48. The number of nitrogens with one attached hydrogen (secondary N) is 1. The zero-order valence-corrected chi connectivity index (χ0v) is 9.94. The molecule has 88 valence electrons. The molecule has 1 aromatic carbocycles. The molecule has 2 heterocycles. The molecule has 3 nitrogen and oxygen atoms in total. The zero-order valence-electron chi connectivity index (χ0n) is 9.94. The first-order chi connectivity index (χ1) is 8.22. The first-order valence-electron chi connectivity index (χ1n) is 6.20. The maximum atomic E-state index is 11.2. The first kappa shape index (κ1) is 10.7. The largest absolute Gasteiger partial charge is 0.310 e. The first-order valence-corrected chi connectivity index (χ1v) is 6.20. The molecule has 0 saturated carbocycles.